The van der Waals surface area contributed by atoms with Crippen LogP contribution in [0.1, 0.15) is 45.4 Å². The first-order chi connectivity index (χ1) is 8.15. The van der Waals surface area contributed by atoms with Crippen LogP contribution >= 0.6 is 0 Å². The van der Waals surface area contributed by atoms with E-state index in [0.717, 1.165) is 32.1 Å². The van der Waals surface area contributed by atoms with Gasteiger partial charge in [-0.05, 0) is 45.1 Å². The van der Waals surface area contributed by atoms with Crippen LogP contribution in [0.2, 0.25) is 0 Å². The molecule has 0 saturated heterocycles. The summed E-state index contributed by atoms with van der Waals surface area (Å²) in [4.78, 5) is 12.0. The molecule has 4 N–H and O–H groups in total. The van der Waals surface area contributed by atoms with Crippen molar-refractivity contribution in [1.82, 2.24) is 5.32 Å². The SMILES string of the molecule is CC(O)CCCNC(=O)C1CCCCC1CN. The van der Waals surface area contributed by atoms with Crippen LogP contribution < -0.4 is 11.1 Å². The smallest absolute Gasteiger partial charge is 0.223 e. The number of hydrogen-bond donors (Lipinski definition) is 3. The molecule has 3 atom stereocenters. The summed E-state index contributed by atoms with van der Waals surface area (Å²) >= 11 is 0. The predicted molar refractivity (Wildman–Crippen MR) is 68.4 cm³/mol. The van der Waals surface area contributed by atoms with Gasteiger partial charge in [0.25, 0.3) is 0 Å². The normalized spacial score (nSPS) is 26.5. The summed E-state index contributed by atoms with van der Waals surface area (Å²) in [6.07, 6.45) is 5.70. The number of carbonyl (C=O) groups excluding carboxylic acids is 1. The Morgan fingerprint density at radius 1 is 1.47 bits per heavy atom. The van der Waals surface area contributed by atoms with E-state index in [4.69, 9.17) is 10.8 Å². The fraction of sp³-hybridized carbons (Fsp3) is 0.923. The van der Waals surface area contributed by atoms with Gasteiger partial charge in [0.2, 0.25) is 5.91 Å². The molecule has 17 heavy (non-hydrogen) atoms. The first-order valence-corrected chi connectivity index (χ1v) is 6.81. The lowest BCUT2D eigenvalue weighted by Gasteiger charge is -2.29. The van der Waals surface area contributed by atoms with Crippen LogP contribution in [0.25, 0.3) is 0 Å². The summed E-state index contributed by atoms with van der Waals surface area (Å²) < 4.78 is 0. The van der Waals surface area contributed by atoms with E-state index in [1.165, 1.54) is 6.42 Å². The Morgan fingerprint density at radius 3 is 2.82 bits per heavy atom. The lowest BCUT2D eigenvalue weighted by molar-refractivity contribution is -0.127. The maximum absolute atomic E-state index is 12.0. The molecule has 4 nitrogen and oxygen atoms in total. The van der Waals surface area contributed by atoms with Gasteiger partial charge in [0.1, 0.15) is 0 Å². The van der Waals surface area contributed by atoms with Crippen molar-refractivity contribution in [1.29, 1.82) is 0 Å². The van der Waals surface area contributed by atoms with Crippen LogP contribution in [0.3, 0.4) is 0 Å². The Labute approximate surface area is 104 Å². The molecular formula is C13H26N2O2. The Hall–Kier alpha value is -0.610. The zero-order valence-electron chi connectivity index (χ0n) is 10.8. The highest BCUT2D eigenvalue weighted by atomic mass is 16.3. The molecule has 100 valence electrons. The van der Waals surface area contributed by atoms with E-state index >= 15 is 0 Å². The third-order valence-corrected chi connectivity index (χ3v) is 3.65. The second-order valence-electron chi connectivity index (χ2n) is 5.17. The topological polar surface area (TPSA) is 75.3 Å². The van der Waals surface area contributed by atoms with Crippen molar-refractivity contribution < 1.29 is 9.90 Å². The van der Waals surface area contributed by atoms with Gasteiger partial charge in [-0.15, -0.1) is 0 Å². The summed E-state index contributed by atoms with van der Waals surface area (Å²) in [5.41, 5.74) is 5.71. The van der Waals surface area contributed by atoms with Crippen LogP contribution in [-0.2, 0) is 4.79 Å². The molecule has 3 unspecified atom stereocenters. The number of aliphatic hydroxyl groups is 1. The lowest BCUT2D eigenvalue weighted by atomic mass is 9.79. The van der Waals surface area contributed by atoms with Gasteiger partial charge in [-0.3, -0.25) is 4.79 Å². The Balaban J connectivity index is 2.25. The molecular weight excluding hydrogens is 216 g/mol. The van der Waals surface area contributed by atoms with Crippen molar-refractivity contribution in [2.24, 2.45) is 17.6 Å². The average Bonchev–Trinajstić information content (AvgIpc) is 2.34. The number of rotatable bonds is 6. The van der Waals surface area contributed by atoms with Gasteiger partial charge in [-0.1, -0.05) is 12.8 Å². The summed E-state index contributed by atoms with van der Waals surface area (Å²) in [6, 6.07) is 0. The van der Waals surface area contributed by atoms with Crippen molar-refractivity contribution in [3.63, 3.8) is 0 Å². The van der Waals surface area contributed by atoms with Gasteiger partial charge in [-0.25, -0.2) is 0 Å². The van der Waals surface area contributed by atoms with Crippen LogP contribution in [-0.4, -0.2) is 30.2 Å². The summed E-state index contributed by atoms with van der Waals surface area (Å²) in [7, 11) is 0. The first-order valence-electron chi connectivity index (χ1n) is 6.81. The van der Waals surface area contributed by atoms with E-state index in [0.29, 0.717) is 19.0 Å². The van der Waals surface area contributed by atoms with E-state index in [-0.39, 0.29) is 17.9 Å². The lowest BCUT2D eigenvalue weighted by Crippen LogP contribution is -2.39. The van der Waals surface area contributed by atoms with Crippen LogP contribution in [0, 0.1) is 11.8 Å². The van der Waals surface area contributed by atoms with Crippen molar-refractivity contribution in [3.8, 4) is 0 Å². The zero-order valence-corrected chi connectivity index (χ0v) is 10.8. The van der Waals surface area contributed by atoms with Gasteiger partial charge < -0.3 is 16.2 Å². The molecule has 1 amide bonds. The second-order valence-corrected chi connectivity index (χ2v) is 5.17. The molecule has 1 aliphatic carbocycles. The zero-order chi connectivity index (χ0) is 12.7. The van der Waals surface area contributed by atoms with Crippen molar-refractivity contribution in [2.45, 2.75) is 51.6 Å². The van der Waals surface area contributed by atoms with Crippen LogP contribution in [0.5, 0.6) is 0 Å². The van der Waals surface area contributed by atoms with Gasteiger partial charge in [0.05, 0.1) is 6.10 Å². The Kier molecular flexibility index (Phi) is 6.52. The Bertz CT molecular complexity index is 231. The third kappa shape index (κ3) is 5.04. The molecule has 0 spiro atoms. The first kappa shape index (κ1) is 14.5. The molecule has 0 heterocycles. The number of hydrogen-bond acceptors (Lipinski definition) is 3. The summed E-state index contributed by atoms with van der Waals surface area (Å²) in [5, 5.41) is 12.1. The molecule has 0 aromatic carbocycles. The number of nitrogens with two attached hydrogens (primary N) is 1. The molecule has 1 aliphatic rings. The molecule has 0 bridgehead atoms. The highest BCUT2D eigenvalue weighted by Crippen LogP contribution is 2.29. The molecule has 1 saturated carbocycles. The van der Waals surface area contributed by atoms with Crippen LogP contribution in [0.4, 0.5) is 0 Å². The van der Waals surface area contributed by atoms with Crippen molar-refractivity contribution >= 4 is 5.91 Å². The van der Waals surface area contributed by atoms with Gasteiger partial charge in [-0.2, -0.15) is 0 Å². The minimum atomic E-state index is -0.279. The minimum absolute atomic E-state index is 0.111. The molecule has 4 heteroatoms. The molecule has 1 fully saturated rings. The summed E-state index contributed by atoms with van der Waals surface area (Å²) in [6.45, 7) is 3.05. The van der Waals surface area contributed by atoms with Crippen LogP contribution in [0.15, 0.2) is 0 Å². The highest BCUT2D eigenvalue weighted by molar-refractivity contribution is 5.79. The summed E-state index contributed by atoms with van der Waals surface area (Å²) in [5.74, 6) is 0.631. The van der Waals surface area contributed by atoms with E-state index in [2.05, 4.69) is 5.32 Å². The van der Waals surface area contributed by atoms with E-state index in [1.54, 1.807) is 6.92 Å². The quantitative estimate of drug-likeness (QED) is 0.609. The minimum Gasteiger partial charge on any atom is -0.393 e. The fourth-order valence-corrected chi connectivity index (χ4v) is 2.58. The molecule has 0 aromatic heterocycles. The number of nitrogens with one attached hydrogen (secondary N) is 1. The van der Waals surface area contributed by atoms with Gasteiger partial charge >= 0.3 is 0 Å². The maximum atomic E-state index is 12.0. The molecule has 0 radical (unpaired) electrons. The monoisotopic (exact) mass is 242 g/mol. The maximum Gasteiger partial charge on any atom is 0.223 e. The van der Waals surface area contributed by atoms with E-state index < -0.39 is 0 Å². The average molecular weight is 242 g/mol. The molecule has 1 rings (SSSR count). The van der Waals surface area contributed by atoms with E-state index in [9.17, 15) is 4.79 Å². The van der Waals surface area contributed by atoms with Gasteiger partial charge in [0, 0.05) is 12.5 Å². The third-order valence-electron chi connectivity index (χ3n) is 3.65. The fourth-order valence-electron chi connectivity index (χ4n) is 2.58. The number of amides is 1. The standard InChI is InChI=1S/C13H26N2O2/c1-10(16)5-4-8-15-13(17)12-7-3-2-6-11(12)9-14/h10-12,16H,2-9,14H2,1H3,(H,15,17). The molecule has 0 aliphatic heterocycles. The number of aliphatic hydroxyl groups excluding tert-OH is 1. The van der Waals surface area contributed by atoms with Gasteiger partial charge in [0.15, 0.2) is 0 Å². The highest BCUT2D eigenvalue weighted by Gasteiger charge is 2.29. The predicted octanol–water partition coefficient (Wildman–Crippen LogP) is 1.03. The van der Waals surface area contributed by atoms with Crippen molar-refractivity contribution in [2.75, 3.05) is 13.1 Å². The van der Waals surface area contributed by atoms with E-state index in [1.807, 2.05) is 0 Å². The number of carbonyl (C=O) groups is 1. The van der Waals surface area contributed by atoms with Crippen molar-refractivity contribution in [3.05, 3.63) is 0 Å². The second kappa shape index (κ2) is 7.67. The largest absolute Gasteiger partial charge is 0.393 e. The Morgan fingerprint density at radius 2 is 2.18 bits per heavy atom. The molecule has 0 aromatic rings.